The number of carboxylic acids is 1. The molecule has 0 bridgehead atoms. The Hall–Kier alpha value is -5.66. The summed E-state index contributed by atoms with van der Waals surface area (Å²) in [7, 11) is 2.22. The molecular formula is C43H66N10O13S2. The Labute approximate surface area is 402 Å². The van der Waals surface area contributed by atoms with E-state index in [0.717, 1.165) is 21.6 Å². The van der Waals surface area contributed by atoms with Crippen molar-refractivity contribution in [2.24, 2.45) is 17.4 Å². The Morgan fingerprint density at radius 3 is 2.18 bits per heavy atom. The van der Waals surface area contributed by atoms with E-state index < -0.39 is 126 Å². The van der Waals surface area contributed by atoms with Crippen molar-refractivity contribution >= 4 is 80.7 Å². The van der Waals surface area contributed by atoms with Crippen molar-refractivity contribution < 1.29 is 62.9 Å². The first-order valence-corrected chi connectivity index (χ1v) is 25.0. The predicted octanol–water partition coefficient (Wildman–Crippen LogP) is -2.45. The van der Waals surface area contributed by atoms with E-state index in [0.29, 0.717) is 37.2 Å². The van der Waals surface area contributed by atoms with Gasteiger partial charge in [-0.15, -0.1) is 0 Å². The minimum atomic E-state index is -1.85. The molecule has 2 aliphatic heterocycles. The molecular weight excluding hydrogens is 929 g/mol. The molecule has 23 nitrogen and oxygen atoms in total. The quantitative estimate of drug-likeness (QED) is 0.0681. The van der Waals surface area contributed by atoms with Gasteiger partial charge in [-0.1, -0.05) is 54.0 Å². The number of benzene rings is 1. The van der Waals surface area contributed by atoms with E-state index in [1.54, 1.807) is 38.1 Å². The van der Waals surface area contributed by atoms with Gasteiger partial charge in [0.15, 0.2) is 0 Å². The molecule has 25 heteroatoms. The Morgan fingerprint density at radius 2 is 1.56 bits per heavy atom. The molecule has 0 unspecified atom stereocenters. The molecule has 9 atom stereocenters. The topological polar surface area (TPSA) is 360 Å². The number of carbonyl (C=O) groups excluding carboxylic acids is 9. The van der Waals surface area contributed by atoms with Gasteiger partial charge < -0.3 is 68.5 Å². The zero-order valence-electron chi connectivity index (χ0n) is 38.7. The number of carbonyl (C=O) groups is 10. The third-order valence-electron chi connectivity index (χ3n) is 11.1. The van der Waals surface area contributed by atoms with E-state index in [1.165, 1.54) is 11.8 Å². The number of primary amides is 1. The largest absolute Gasteiger partial charge is 0.494 e. The fourth-order valence-corrected chi connectivity index (χ4v) is 9.41. The summed E-state index contributed by atoms with van der Waals surface area (Å²) in [6.07, 6.45) is -1.40. The lowest BCUT2D eigenvalue weighted by atomic mass is 9.96. The molecule has 1 aromatic carbocycles. The van der Waals surface area contributed by atoms with Crippen molar-refractivity contribution in [2.45, 2.75) is 127 Å². The van der Waals surface area contributed by atoms with Crippen LogP contribution in [0.25, 0.3) is 0 Å². The van der Waals surface area contributed by atoms with Crippen LogP contribution in [-0.2, 0) is 54.4 Å². The molecule has 0 spiro atoms. The summed E-state index contributed by atoms with van der Waals surface area (Å²) in [5, 5.41) is 38.2. The average Bonchev–Trinajstić information content (AvgIpc) is 3.79. The van der Waals surface area contributed by atoms with E-state index in [2.05, 4.69) is 37.2 Å². The lowest BCUT2D eigenvalue weighted by molar-refractivity contribution is -0.143. The monoisotopic (exact) mass is 994 g/mol. The fraction of sp³-hybridized carbons (Fsp3) is 0.628. The highest BCUT2D eigenvalue weighted by molar-refractivity contribution is 8.76. The van der Waals surface area contributed by atoms with Crippen LogP contribution < -0.4 is 53.4 Å². The van der Waals surface area contributed by atoms with Crippen molar-refractivity contribution in [1.29, 1.82) is 0 Å². The van der Waals surface area contributed by atoms with Crippen LogP contribution in [0, 0.1) is 5.92 Å². The second-order valence-corrected chi connectivity index (χ2v) is 19.1. The Kier molecular flexibility index (Phi) is 23.8. The summed E-state index contributed by atoms with van der Waals surface area (Å²) in [6, 6.07) is -2.91. The van der Waals surface area contributed by atoms with Gasteiger partial charge in [-0.25, -0.2) is 0 Å². The number of amides is 9. The molecule has 1 aromatic rings. The highest BCUT2D eigenvalue weighted by Gasteiger charge is 2.41. The lowest BCUT2D eigenvalue weighted by Crippen LogP contribution is -2.62. The Bertz CT molecular complexity index is 1950. The molecule has 13 N–H and O–H groups in total. The fourth-order valence-electron chi connectivity index (χ4n) is 7.27. The van der Waals surface area contributed by atoms with Gasteiger partial charge in [0, 0.05) is 30.9 Å². The maximum absolute atomic E-state index is 14.4. The van der Waals surface area contributed by atoms with Gasteiger partial charge >= 0.3 is 5.97 Å². The maximum atomic E-state index is 14.4. The summed E-state index contributed by atoms with van der Waals surface area (Å²) < 4.78 is 5.53. The second-order valence-electron chi connectivity index (χ2n) is 16.4. The number of hydrogen-bond donors (Lipinski definition) is 11. The molecule has 0 aliphatic carbocycles. The molecule has 9 amide bonds. The van der Waals surface area contributed by atoms with Gasteiger partial charge in [0.25, 0.3) is 0 Å². The highest BCUT2D eigenvalue weighted by Crippen LogP contribution is 2.26. The van der Waals surface area contributed by atoms with Crippen LogP contribution in [-0.4, -0.2) is 160 Å². The first kappa shape index (κ1) is 56.7. The van der Waals surface area contributed by atoms with Gasteiger partial charge in [0.05, 0.1) is 25.7 Å². The summed E-state index contributed by atoms with van der Waals surface area (Å²) >= 11 is 0. The zero-order valence-corrected chi connectivity index (χ0v) is 40.3. The van der Waals surface area contributed by atoms with E-state index in [9.17, 15) is 58.2 Å². The maximum Gasteiger partial charge on any atom is 0.305 e. The second kappa shape index (κ2) is 28.6. The molecule has 3 rings (SSSR count). The third-order valence-corrected chi connectivity index (χ3v) is 13.6. The van der Waals surface area contributed by atoms with Crippen LogP contribution in [0.5, 0.6) is 5.75 Å². The Morgan fingerprint density at radius 1 is 0.897 bits per heavy atom. The van der Waals surface area contributed by atoms with E-state index in [4.69, 9.17) is 16.2 Å². The molecule has 2 aliphatic rings. The van der Waals surface area contributed by atoms with Crippen molar-refractivity contribution in [3.8, 4) is 5.75 Å². The summed E-state index contributed by atoms with van der Waals surface area (Å²) in [4.78, 5) is 135. The number of likely N-dealkylation sites (tertiary alicyclic amines) is 1. The van der Waals surface area contributed by atoms with Crippen molar-refractivity contribution in [3.05, 3.63) is 29.8 Å². The third kappa shape index (κ3) is 18.1. The predicted molar refractivity (Wildman–Crippen MR) is 251 cm³/mol. The normalized spacial score (nSPS) is 23.8. The van der Waals surface area contributed by atoms with Crippen LogP contribution >= 0.6 is 21.6 Å². The van der Waals surface area contributed by atoms with Gasteiger partial charge in [0.2, 0.25) is 53.2 Å². The van der Waals surface area contributed by atoms with Gasteiger partial charge in [0.1, 0.15) is 48.0 Å². The first-order chi connectivity index (χ1) is 32.3. The number of nitrogens with one attached hydrogen (secondary N) is 7. The average molecular weight is 995 g/mol. The summed E-state index contributed by atoms with van der Waals surface area (Å²) in [6.45, 7) is 6.62. The van der Waals surface area contributed by atoms with E-state index >= 15 is 0 Å². The molecule has 0 radical (unpaired) electrons. The number of hydrogen-bond acceptors (Lipinski definition) is 15. The Balaban J connectivity index is 1.99. The summed E-state index contributed by atoms with van der Waals surface area (Å²) in [5.74, 6) is -8.89. The number of aliphatic carboxylic acids is 1. The van der Waals surface area contributed by atoms with Crippen LogP contribution in [0.2, 0.25) is 0 Å². The van der Waals surface area contributed by atoms with Gasteiger partial charge in [-0.3, -0.25) is 47.9 Å². The molecule has 2 fully saturated rings. The minimum absolute atomic E-state index is 0.0141. The lowest BCUT2D eigenvalue weighted by Gasteiger charge is -2.31. The first-order valence-electron chi connectivity index (χ1n) is 22.5. The highest BCUT2D eigenvalue weighted by atomic mass is 33.1. The van der Waals surface area contributed by atoms with Crippen molar-refractivity contribution in [1.82, 2.24) is 42.1 Å². The summed E-state index contributed by atoms with van der Waals surface area (Å²) in [5.41, 5.74) is 11.5. The molecule has 0 saturated carbocycles. The van der Waals surface area contributed by atoms with E-state index in [1.807, 2.05) is 6.92 Å². The molecule has 378 valence electrons. The van der Waals surface area contributed by atoms with Crippen LogP contribution in [0.1, 0.15) is 78.2 Å². The number of aliphatic hydroxyl groups is 1. The number of aliphatic hydroxyl groups excluding tert-OH is 1. The van der Waals surface area contributed by atoms with Crippen molar-refractivity contribution in [3.63, 3.8) is 0 Å². The van der Waals surface area contributed by atoms with E-state index in [-0.39, 0.29) is 50.3 Å². The number of nitrogens with zero attached hydrogens (tertiary/aromatic N) is 1. The number of nitrogens with two attached hydrogens (primary N) is 2. The van der Waals surface area contributed by atoms with Crippen LogP contribution in [0.4, 0.5) is 0 Å². The van der Waals surface area contributed by atoms with Gasteiger partial charge in [-0.2, -0.15) is 0 Å². The molecule has 68 heavy (non-hydrogen) atoms. The van der Waals surface area contributed by atoms with Crippen molar-refractivity contribution in [2.75, 3.05) is 37.7 Å². The number of ether oxygens (including phenoxy) is 1. The smallest absolute Gasteiger partial charge is 0.305 e. The number of carboxylic acid groups (broad SMARTS) is 1. The minimum Gasteiger partial charge on any atom is -0.494 e. The van der Waals surface area contributed by atoms with Gasteiger partial charge in [-0.05, 0) is 69.7 Å². The van der Waals surface area contributed by atoms with Crippen LogP contribution in [0.3, 0.4) is 0 Å². The number of rotatable bonds is 18. The standard InChI is InChI=1S/C43H66N10O13S2/c1-5-23(3)35-41(63)52-36(24(4)54)42(64)49-29(20-34(57)58)38(60)50-30(43(65)53-17-8-10-31(53)40(62)48-27(9-7-16-44)37(59)46-21-32(45)55)22-68-67-18-15-33(56)47-28(39(61)51-35)19-25-11-13-26(14-12-25)66-6-2/h11-14,23-24,27-31,35-36,54H,5-10,15-22,44H2,1-4H3,(H2,45,55)(H,46,59)(H,47,56)(H,48,62)(H,49,64)(H,50,60)(H,51,61)(H,52,63)(H,57,58)/t23-,24+,27-,28+,29-,30-,31-,35-,36-/m0/s1. The van der Waals surface area contributed by atoms with Crippen LogP contribution in [0.15, 0.2) is 24.3 Å². The molecule has 2 saturated heterocycles. The SMILES string of the molecule is CCOc1ccc(C[C@H]2NC(=O)CCSSC[C@@H](C(=O)N3CCC[C@H]3C(=O)N[C@@H](CCCN)C(=O)NCC(N)=O)NC(=O)[C@H](CC(=O)O)NC(=O)[C@H]([C@@H](C)O)NC(=O)[C@H]([C@@H](C)CC)NC2=O)cc1. The molecule has 0 aromatic heterocycles. The zero-order chi connectivity index (χ0) is 50.5. The molecule has 2 heterocycles.